The third-order valence-corrected chi connectivity index (χ3v) is 3.94. The molecule has 0 aliphatic carbocycles. The van der Waals surface area contributed by atoms with Gasteiger partial charge in [0.15, 0.2) is 0 Å². The Morgan fingerprint density at radius 1 is 1.25 bits per heavy atom. The van der Waals surface area contributed by atoms with E-state index < -0.39 is 0 Å². The number of nitrogens with zero attached hydrogens (tertiary/aromatic N) is 3. The van der Waals surface area contributed by atoms with Gasteiger partial charge in [0, 0.05) is 12.1 Å². The first-order valence-corrected chi connectivity index (χ1v) is 8.09. The fraction of sp³-hybridized carbons (Fsp3) is 0.529. The Balaban J connectivity index is 1.51. The van der Waals surface area contributed by atoms with Gasteiger partial charge in [0.25, 0.3) is 0 Å². The third kappa shape index (κ3) is 4.53. The van der Waals surface area contributed by atoms with E-state index in [0.717, 1.165) is 24.3 Å². The molecule has 2 aromatic rings. The molecular formula is C17H23N3O4. The van der Waals surface area contributed by atoms with Crippen LogP contribution in [0, 0.1) is 0 Å². The van der Waals surface area contributed by atoms with Crippen molar-refractivity contribution in [2.24, 2.45) is 0 Å². The second kappa shape index (κ2) is 8.23. The zero-order chi connectivity index (χ0) is 16.8. The van der Waals surface area contributed by atoms with E-state index in [0.29, 0.717) is 38.1 Å². The number of hydrogen-bond acceptors (Lipinski definition) is 7. The maximum atomic E-state index is 5.65. The summed E-state index contributed by atoms with van der Waals surface area (Å²) in [4.78, 5) is 6.60. The first-order chi connectivity index (χ1) is 11.7. The Kier molecular flexibility index (Phi) is 5.79. The molecular weight excluding hydrogens is 310 g/mol. The molecule has 1 aliphatic heterocycles. The molecule has 0 amide bonds. The smallest absolute Gasteiger partial charge is 0.241 e. The van der Waals surface area contributed by atoms with Crippen LogP contribution in [0.3, 0.4) is 0 Å². The van der Waals surface area contributed by atoms with Crippen molar-refractivity contribution in [2.75, 3.05) is 40.5 Å². The molecule has 7 heteroatoms. The van der Waals surface area contributed by atoms with Gasteiger partial charge in [0.2, 0.25) is 11.7 Å². The van der Waals surface area contributed by atoms with E-state index in [9.17, 15) is 0 Å². The minimum absolute atomic E-state index is 0.179. The predicted octanol–water partition coefficient (Wildman–Crippen LogP) is 1.98. The second-order valence-electron chi connectivity index (χ2n) is 5.83. The van der Waals surface area contributed by atoms with Crippen LogP contribution in [0.5, 0.6) is 5.75 Å². The van der Waals surface area contributed by atoms with E-state index >= 15 is 0 Å². The van der Waals surface area contributed by atoms with Crippen molar-refractivity contribution in [1.82, 2.24) is 15.0 Å². The van der Waals surface area contributed by atoms with Gasteiger partial charge in [-0.2, -0.15) is 4.98 Å². The van der Waals surface area contributed by atoms with Crippen LogP contribution in [-0.2, 0) is 16.0 Å². The first-order valence-electron chi connectivity index (χ1n) is 8.09. The lowest BCUT2D eigenvalue weighted by atomic mass is 10.2. The van der Waals surface area contributed by atoms with Crippen molar-refractivity contribution in [2.45, 2.75) is 19.1 Å². The van der Waals surface area contributed by atoms with Crippen LogP contribution < -0.4 is 4.74 Å². The SMILES string of the molecule is COc1ccc(-c2noc(CN(C)CCC3COCCO3)n2)cc1. The molecule has 0 bridgehead atoms. The standard InChI is InChI=1S/C17H23N3O4/c1-20(8-7-15-12-22-9-10-23-15)11-16-18-17(19-24-16)13-3-5-14(21-2)6-4-13/h3-6,15H,7-12H2,1-2H3. The van der Waals surface area contributed by atoms with Crippen LogP contribution in [0.25, 0.3) is 11.4 Å². The minimum Gasteiger partial charge on any atom is -0.497 e. The number of aromatic nitrogens is 2. The highest BCUT2D eigenvalue weighted by atomic mass is 16.6. The van der Waals surface area contributed by atoms with Crippen molar-refractivity contribution < 1.29 is 18.7 Å². The van der Waals surface area contributed by atoms with Crippen molar-refractivity contribution in [1.29, 1.82) is 0 Å². The van der Waals surface area contributed by atoms with Gasteiger partial charge in [0.1, 0.15) is 5.75 Å². The average molecular weight is 333 g/mol. The lowest BCUT2D eigenvalue weighted by Gasteiger charge is -2.24. The fourth-order valence-electron chi connectivity index (χ4n) is 2.55. The number of rotatable bonds is 7. The molecule has 3 rings (SSSR count). The van der Waals surface area contributed by atoms with Gasteiger partial charge in [-0.25, -0.2) is 0 Å². The van der Waals surface area contributed by atoms with Crippen LogP contribution >= 0.6 is 0 Å². The molecule has 0 spiro atoms. The van der Waals surface area contributed by atoms with E-state index in [2.05, 4.69) is 15.0 Å². The van der Waals surface area contributed by atoms with E-state index in [4.69, 9.17) is 18.7 Å². The summed E-state index contributed by atoms with van der Waals surface area (Å²) in [7, 11) is 3.67. The number of benzene rings is 1. The van der Waals surface area contributed by atoms with Crippen LogP contribution in [-0.4, -0.2) is 61.7 Å². The number of ether oxygens (including phenoxy) is 3. The van der Waals surface area contributed by atoms with Crippen molar-refractivity contribution >= 4 is 0 Å². The monoisotopic (exact) mass is 333 g/mol. The molecule has 7 nitrogen and oxygen atoms in total. The first kappa shape index (κ1) is 16.9. The minimum atomic E-state index is 0.179. The summed E-state index contributed by atoms with van der Waals surface area (Å²) >= 11 is 0. The van der Waals surface area contributed by atoms with E-state index in [-0.39, 0.29) is 6.10 Å². The van der Waals surface area contributed by atoms with E-state index in [1.54, 1.807) is 7.11 Å². The highest BCUT2D eigenvalue weighted by molar-refractivity contribution is 5.55. The molecule has 1 aliphatic rings. The summed E-state index contributed by atoms with van der Waals surface area (Å²) in [5.41, 5.74) is 0.904. The van der Waals surface area contributed by atoms with Crippen LogP contribution in [0.15, 0.2) is 28.8 Å². The molecule has 130 valence electrons. The number of methoxy groups -OCH3 is 1. The normalized spacial score (nSPS) is 18.0. The second-order valence-corrected chi connectivity index (χ2v) is 5.83. The molecule has 1 aromatic heterocycles. The third-order valence-electron chi connectivity index (χ3n) is 3.94. The zero-order valence-corrected chi connectivity index (χ0v) is 14.1. The van der Waals surface area contributed by atoms with Crippen molar-refractivity contribution in [3.05, 3.63) is 30.2 Å². The van der Waals surface area contributed by atoms with Gasteiger partial charge >= 0.3 is 0 Å². The fourth-order valence-corrected chi connectivity index (χ4v) is 2.55. The molecule has 1 atom stereocenters. The molecule has 1 aromatic carbocycles. The van der Waals surface area contributed by atoms with Gasteiger partial charge in [-0.1, -0.05) is 5.16 Å². The van der Waals surface area contributed by atoms with Crippen LogP contribution in [0.2, 0.25) is 0 Å². The van der Waals surface area contributed by atoms with Gasteiger partial charge in [-0.05, 0) is 37.7 Å². The summed E-state index contributed by atoms with van der Waals surface area (Å²) in [6, 6.07) is 7.59. The molecule has 1 saturated heterocycles. The summed E-state index contributed by atoms with van der Waals surface area (Å²) in [5.74, 6) is 1.99. The van der Waals surface area contributed by atoms with Crippen molar-refractivity contribution in [3.63, 3.8) is 0 Å². The predicted molar refractivity (Wildman–Crippen MR) is 87.8 cm³/mol. The molecule has 0 N–H and O–H groups in total. The van der Waals surface area contributed by atoms with Crippen LogP contribution in [0.1, 0.15) is 12.3 Å². The summed E-state index contributed by atoms with van der Waals surface area (Å²) in [5, 5.41) is 4.05. The maximum Gasteiger partial charge on any atom is 0.241 e. The number of hydrogen-bond donors (Lipinski definition) is 0. The topological polar surface area (TPSA) is 69.9 Å². The van der Waals surface area contributed by atoms with Gasteiger partial charge < -0.3 is 18.7 Å². The van der Waals surface area contributed by atoms with Gasteiger partial charge in [-0.15, -0.1) is 0 Å². The molecule has 24 heavy (non-hydrogen) atoms. The van der Waals surface area contributed by atoms with Gasteiger partial charge in [-0.3, -0.25) is 4.90 Å². The Morgan fingerprint density at radius 2 is 2.08 bits per heavy atom. The lowest BCUT2D eigenvalue weighted by molar-refractivity contribution is -0.0924. The van der Waals surface area contributed by atoms with Gasteiger partial charge in [0.05, 0.1) is 39.6 Å². The molecule has 0 radical (unpaired) electrons. The highest BCUT2D eigenvalue weighted by Gasteiger charge is 2.16. The van der Waals surface area contributed by atoms with E-state index in [1.165, 1.54) is 0 Å². The maximum absolute atomic E-state index is 5.65. The average Bonchev–Trinajstić information content (AvgIpc) is 3.09. The van der Waals surface area contributed by atoms with Crippen molar-refractivity contribution in [3.8, 4) is 17.1 Å². The Hall–Kier alpha value is -1.96. The quantitative estimate of drug-likeness (QED) is 0.767. The summed E-state index contributed by atoms with van der Waals surface area (Å²) in [6.45, 7) is 3.55. The Labute approximate surface area is 141 Å². The Bertz CT molecular complexity index is 623. The Morgan fingerprint density at radius 3 is 2.79 bits per heavy atom. The molecule has 1 fully saturated rings. The highest BCUT2D eigenvalue weighted by Crippen LogP contribution is 2.20. The van der Waals surface area contributed by atoms with E-state index in [1.807, 2.05) is 31.3 Å². The van der Waals surface area contributed by atoms with Crippen LogP contribution in [0.4, 0.5) is 0 Å². The summed E-state index contributed by atoms with van der Waals surface area (Å²) in [6.07, 6.45) is 1.11. The molecule has 0 saturated carbocycles. The zero-order valence-electron chi connectivity index (χ0n) is 14.1. The summed E-state index contributed by atoms with van der Waals surface area (Å²) < 4.78 is 21.6. The lowest BCUT2D eigenvalue weighted by Crippen LogP contribution is -2.32. The molecule has 1 unspecified atom stereocenters. The largest absolute Gasteiger partial charge is 0.497 e. The molecule has 2 heterocycles.